The van der Waals surface area contributed by atoms with Crippen molar-refractivity contribution in [2.45, 2.75) is 53.1 Å². The van der Waals surface area contributed by atoms with E-state index in [0.29, 0.717) is 17.5 Å². The molecule has 0 rings (SSSR count). The summed E-state index contributed by atoms with van der Waals surface area (Å²) in [5.74, 6) is 0. The zero-order chi connectivity index (χ0) is 11.4. The van der Waals surface area contributed by atoms with Crippen molar-refractivity contribution >= 4 is 0 Å². The maximum atomic E-state index is 3.27. The molecule has 0 spiro atoms. The molecule has 0 heterocycles. The Morgan fingerprint density at radius 1 is 1.21 bits per heavy atom. The Kier molecular flexibility index (Phi) is 5.68. The molecule has 1 N–H and O–H groups in total. The van der Waals surface area contributed by atoms with Gasteiger partial charge in [-0.3, -0.25) is 0 Å². The lowest BCUT2D eigenvalue weighted by Gasteiger charge is -2.35. The van der Waals surface area contributed by atoms with Gasteiger partial charge in [-0.15, -0.1) is 0 Å². The highest BCUT2D eigenvalue weighted by atomic mass is 15.1. The zero-order valence-corrected chi connectivity index (χ0v) is 11.0. The van der Waals surface area contributed by atoms with E-state index in [9.17, 15) is 0 Å². The summed E-state index contributed by atoms with van der Waals surface area (Å²) < 4.78 is 0. The van der Waals surface area contributed by atoms with Crippen LogP contribution in [-0.4, -0.2) is 37.6 Å². The molecule has 2 nitrogen and oxygen atoms in total. The maximum Gasteiger partial charge on any atom is 0.0112 e. The van der Waals surface area contributed by atoms with Gasteiger partial charge in [0.1, 0.15) is 0 Å². The third-order valence-electron chi connectivity index (χ3n) is 3.32. The number of hydrogen-bond acceptors (Lipinski definition) is 2. The average molecular weight is 200 g/mol. The van der Waals surface area contributed by atoms with Crippen molar-refractivity contribution < 1.29 is 0 Å². The van der Waals surface area contributed by atoms with Crippen molar-refractivity contribution in [3.8, 4) is 0 Å². The average Bonchev–Trinajstić information content (AvgIpc) is 2.10. The lowest BCUT2D eigenvalue weighted by molar-refractivity contribution is 0.137. The molecule has 2 unspecified atom stereocenters. The summed E-state index contributed by atoms with van der Waals surface area (Å²) in [6.45, 7) is 12.6. The van der Waals surface area contributed by atoms with Gasteiger partial charge in [0.05, 0.1) is 0 Å². The third-order valence-corrected chi connectivity index (χ3v) is 3.32. The standard InChI is InChI=1S/C12H28N2/c1-10(13-6)8-9-14(7)11(2)12(3,4)5/h10-11,13H,8-9H2,1-7H3. The molecular weight excluding hydrogens is 172 g/mol. The monoisotopic (exact) mass is 200 g/mol. The predicted octanol–water partition coefficient (Wildman–Crippen LogP) is 2.35. The molecule has 0 aromatic carbocycles. The quantitative estimate of drug-likeness (QED) is 0.733. The van der Waals surface area contributed by atoms with Gasteiger partial charge in [-0.25, -0.2) is 0 Å². The van der Waals surface area contributed by atoms with Crippen LogP contribution in [0.25, 0.3) is 0 Å². The molecule has 0 fully saturated rings. The first-order valence-corrected chi connectivity index (χ1v) is 5.66. The predicted molar refractivity (Wildman–Crippen MR) is 64.7 cm³/mol. The van der Waals surface area contributed by atoms with E-state index >= 15 is 0 Å². The second-order valence-corrected chi connectivity index (χ2v) is 5.50. The largest absolute Gasteiger partial charge is 0.317 e. The molecule has 0 radical (unpaired) electrons. The van der Waals surface area contributed by atoms with Gasteiger partial charge in [0, 0.05) is 12.1 Å². The minimum Gasteiger partial charge on any atom is -0.317 e. The topological polar surface area (TPSA) is 15.3 Å². The van der Waals surface area contributed by atoms with E-state index in [1.807, 2.05) is 7.05 Å². The first-order valence-electron chi connectivity index (χ1n) is 5.66. The smallest absolute Gasteiger partial charge is 0.0112 e. The summed E-state index contributed by atoms with van der Waals surface area (Å²) in [4.78, 5) is 2.45. The van der Waals surface area contributed by atoms with E-state index in [1.165, 1.54) is 13.0 Å². The lowest BCUT2D eigenvalue weighted by atomic mass is 9.87. The van der Waals surface area contributed by atoms with Crippen LogP contribution in [0.2, 0.25) is 0 Å². The highest BCUT2D eigenvalue weighted by molar-refractivity contribution is 4.77. The SMILES string of the molecule is CNC(C)CCN(C)C(C)C(C)(C)C. The minimum atomic E-state index is 0.373. The molecule has 0 bridgehead atoms. The molecule has 14 heavy (non-hydrogen) atoms. The molecule has 0 aliphatic rings. The van der Waals surface area contributed by atoms with Crippen LogP contribution in [0.15, 0.2) is 0 Å². The van der Waals surface area contributed by atoms with E-state index in [4.69, 9.17) is 0 Å². The first kappa shape index (κ1) is 13.9. The van der Waals surface area contributed by atoms with E-state index < -0.39 is 0 Å². The Hall–Kier alpha value is -0.0800. The molecule has 0 amide bonds. The van der Waals surface area contributed by atoms with Crippen molar-refractivity contribution in [1.29, 1.82) is 0 Å². The van der Waals surface area contributed by atoms with Crippen LogP contribution in [0.5, 0.6) is 0 Å². The molecule has 0 aromatic rings. The van der Waals surface area contributed by atoms with Crippen LogP contribution in [-0.2, 0) is 0 Å². The normalized spacial score (nSPS) is 17.1. The maximum absolute atomic E-state index is 3.27. The van der Waals surface area contributed by atoms with Crippen LogP contribution in [0, 0.1) is 5.41 Å². The van der Waals surface area contributed by atoms with Crippen molar-refractivity contribution in [3.05, 3.63) is 0 Å². The molecule has 0 saturated heterocycles. The van der Waals surface area contributed by atoms with E-state index in [1.54, 1.807) is 0 Å². The minimum absolute atomic E-state index is 0.373. The van der Waals surface area contributed by atoms with Crippen LogP contribution >= 0.6 is 0 Å². The molecular formula is C12H28N2. The van der Waals surface area contributed by atoms with Crippen molar-refractivity contribution in [2.75, 3.05) is 20.6 Å². The van der Waals surface area contributed by atoms with Crippen LogP contribution in [0.3, 0.4) is 0 Å². The van der Waals surface area contributed by atoms with Gasteiger partial charge in [-0.1, -0.05) is 20.8 Å². The van der Waals surface area contributed by atoms with Crippen LogP contribution < -0.4 is 5.32 Å². The lowest BCUT2D eigenvalue weighted by Crippen LogP contribution is -2.41. The van der Waals surface area contributed by atoms with Crippen LogP contribution in [0.1, 0.15) is 41.0 Å². The van der Waals surface area contributed by atoms with Gasteiger partial charge in [-0.05, 0) is 46.3 Å². The second-order valence-electron chi connectivity index (χ2n) is 5.50. The van der Waals surface area contributed by atoms with Crippen LogP contribution in [0.4, 0.5) is 0 Å². The summed E-state index contributed by atoms with van der Waals surface area (Å²) in [7, 11) is 4.25. The summed E-state index contributed by atoms with van der Waals surface area (Å²) in [5, 5.41) is 3.27. The number of nitrogens with zero attached hydrogens (tertiary/aromatic N) is 1. The van der Waals surface area contributed by atoms with Gasteiger partial charge in [0.15, 0.2) is 0 Å². The van der Waals surface area contributed by atoms with Crippen molar-refractivity contribution in [2.24, 2.45) is 5.41 Å². The molecule has 0 aromatic heterocycles. The molecule has 86 valence electrons. The van der Waals surface area contributed by atoms with E-state index in [0.717, 1.165) is 0 Å². The first-order chi connectivity index (χ1) is 6.29. The Labute approximate surface area is 90.1 Å². The fourth-order valence-corrected chi connectivity index (χ4v) is 1.40. The van der Waals surface area contributed by atoms with E-state index in [-0.39, 0.29) is 0 Å². The number of rotatable bonds is 5. The van der Waals surface area contributed by atoms with Crippen molar-refractivity contribution in [1.82, 2.24) is 10.2 Å². The number of hydrogen-bond donors (Lipinski definition) is 1. The summed E-state index contributed by atoms with van der Waals surface area (Å²) in [6, 6.07) is 1.25. The summed E-state index contributed by atoms with van der Waals surface area (Å²) in [6.07, 6.45) is 1.22. The second kappa shape index (κ2) is 5.72. The molecule has 2 atom stereocenters. The van der Waals surface area contributed by atoms with Gasteiger partial charge >= 0.3 is 0 Å². The fraction of sp³-hybridized carbons (Fsp3) is 1.00. The molecule has 2 heteroatoms. The Balaban J connectivity index is 3.90. The fourth-order valence-electron chi connectivity index (χ4n) is 1.40. The van der Waals surface area contributed by atoms with Gasteiger partial charge in [-0.2, -0.15) is 0 Å². The van der Waals surface area contributed by atoms with Gasteiger partial charge in [0.25, 0.3) is 0 Å². The Bertz CT molecular complexity index is 149. The van der Waals surface area contributed by atoms with Crippen molar-refractivity contribution in [3.63, 3.8) is 0 Å². The number of nitrogens with one attached hydrogen (secondary N) is 1. The Morgan fingerprint density at radius 3 is 2.07 bits per heavy atom. The third kappa shape index (κ3) is 4.97. The molecule has 0 aliphatic carbocycles. The molecule has 0 aliphatic heterocycles. The Morgan fingerprint density at radius 2 is 1.71 bits per heavy atom. The highest BCUT2D eigenvalue weighted by Gasteiger charge is 2.23. The molecule has 0 saturated carbocycles. The van der Waals surface area contributed by atoms with E-state index in [2.05, 4.69) is 51.9 Å². The summed E-state index contributed by atoms with van der Waals surface area (Å²) in [5.41, 5.74) is 0.373. The van der Waals surface area contributed by atoms with Gasteiger partial charge in [0.2, 0.25) is 0 Å². The summed E-state index contributed by atoms with van der Waals surface area (Å²) >= 11 is 0. The highest BCUT2D eigenvalue weighted by Crippen LogP contribution is 2.22. The van der Waals surface area contributed by atoms with Gasteiger partial charge < -0.3 is 10.2 Å². The zero-order valence-electron chi connectivity index (χ0n) is 11.0.